The molecule has 1 N–H and O–H groups in total. The summed E-state index contributed by atoms with van der Waals surface area (Å²) in [5.74, 6) is 0.00787. The summed E-state index contributed by atoms with van der Waals surface area (Å²) in [5.41, 5.74) is 1.17. The molecule has 0 bridgehead atoms. The Labute approximate surface area is 127 Å². The van der Waals surface area contributed by atoms with Crippen molar-refractivity contribution in [1.29, 1.82) is 0 Å². The normalized spacial score (nSPS) is 19.0. The number of nitrogens with one attached hydrogen (secondary N) is 1. The number of carbonyl (C=O) groups excluding carboxylic acids is 1. The molecule has 0 spiro atoms. The van der Waals surface area contributed by atoms with Gasteiger partial charge in [0.25, 0.3) is 0 Å². The van der Waals surface area contributed by atoms with Crippen molar-refractivity contribution < 1.29 is 4.79 Å². The van der Waals surface area contributed by atoms with Gasteiger partial charge in [-0.1, -0.05) is 0 Å². The minimum Gasteiger partial charge on any atom is -0.301 e. The average Bonchev–Trinajstić information content (AvgIpc) is 3.15. The zero-order valence-electron chi connectivity index (χ0n) is 12.0. The first-order valence-electron chi connectivity index (χ1n) is 7.13. The van der Waals surface area contributed by atoms with E-state index in [9.17, 15) is 4.79 Å². The minimum absolute atomic E-state index is 0.00787. The van der Waals surface area contributed by atoms with Gasteiger partial charge in [0.1, 0.15) is 0 Å². The number of hydrogen-bond donors (Lipinski definition) is 1. The second-order valence-electron chi connectivity index (χ2n) is 5.39. The monoisotopic (exact) mass is 305 g/mol. The number of carbonyl (C=O) groups is 1. The van der Waals surface area contributed by atoms with Crippen LogP contribution in [0.1, 0.15) is 18.4 Å². The smallest absolute Gasteiger partial charge is 0.240 e. The van der Waals surface area contributed by atoms with Gasteiger partial charge in [-0.3, -0.25) is 14.4 Å². The Balaban J connectivity index is 1.55. The van der Waals surface area contributed by atoms with Gasteiger partial charge in [-0.05, 0) is 31.9 Å². The van der Waals surface area contributed by atoms with Gasteiger partial charge in [0.05, 0.1) is 19.3 Å². The maximum Gasteiger partial charge on any atom is 0.240 e. The molecule has 7 heteroatoms. The lowest BCUT2D eigenvalue weighted by Gasteiger charge is -2.23. The van der Waals surface area contributed by atoms with Crippen LogP contribution in [0.5, 0.6) is 0 Å². The average molecular weight is 305 g/mol. The maximum atomic E-state index is 12.1. The lowest BCUT2D eigenvalue weighted by Crippen LogP contribution is -2.39. The SMILES string of the molecule is Cc1cnn(C[C@@H]2CCCN2CC(=O)Nc2nccs2)c1. The van der Waals surface area contributed by atoms with Crippen LogP contribution in [-0.2, 0) is 11.3 Å². The van der Waals surface area contributed by atoms with Gasteiger partial charge in [-0.25, -0.2) is 4.98 Å². The van der Waals surface area contributed by atoms with Gasteiger partial charge in [0, 0.05) is 23.8 Å². The van der Waals surface area contributed by atoms with Crippen molar-refractivity contribution in [1.82, 2.24) is 19.7 Å². The molecule has 1 aliphatic rings. The highest BCUT2D eigenvalue weighted by atomic mass is 32.1. The molecule has 1 fully saturated rings. The van der Waals surface area contributed by atoms with Crippen molar-refractivity contribution in [2.75, 3.05) is 18.4 Å². The Bertz CT molecular complexity index is 594. The summed E-state index contributed by atoms with van der Waals surface area (Å²) < 4.78 is 1.97. The Morgan fingerprint density at radius 3 is 3.19 bits per heavy atom. The predicted molar refractivity (Wildman–Crippen MR) is 82.3 cm³/mol. The number of aryl methyl sites for hydroxylation is 1. The summed E-state index contributed by atoms with van der Waals surface area (Å²) in [6.07, 6.45) is 7.86. The molecule has 3 heterocycles. The van der Waals surface area contributed by atoms with Gasteiger partial charge < -0.3 is 5.32 Å². The summed E-state index contributed by atoms with van der Waals surface area (Å²) in [4.78, 5) is 18.4. The van der Waals surface area contributed by atoms with Crippen LogP contribution in [-0.4, -0.2) is 44.7 Å². The summed E-state index contributed by atoms with van der Waals surface area (Å²) in [6, 6.07) is 0.381. The molecule has 0 saturated carbocycles. The van der Waals surface area contributed by atoms with Gasteiger partial charge in [0.15, 0.2) is 5.13 Å². The molecule has 1 saturated heterocycles. The predicted octanol–water partition coefficient (Wildman–Crippen LogP) is 1.75. The van der Waals surface area contributed by atoms with E-state index in [-0.39, 0.29) is 5.91 Å². The number of rotatable bonds is 5. The van der Waals surface area contributed by atoms with Crippen LogP contribution in [0, 0.1) is 6.92 Å². The van der Waals surface area contributed by atoms with E-state index < -0.39 is 0 Å². The zero-order valence-corrected chi connectivity index (χ0v) is 12.8. The van der Waals surface area contributed by atoms with Crippen LogP contribution in [0.15, 0.2) is 24.0 Å². The molecule has 0 unspecified atom stereocenters. The number of nitrogens with zero attached hydrogens (tertiary/aromatic N) is 4. The fourth-order valence-corrected chi connectivity index (χ4v) is 3.27. The van der Waals surface area contributed by atoms with Crippen LogP contribution >= 0.6 is 11.3 Å². The first-order valence-corrected chi connectivity index (χ1v) is 8.01. The van der Waals surface area contributed by atoms with E-state index in [2.05, 4.69) is 20.3 Å². The quantitative estimate of drug-likeness (QED) is 0.914. The molecule has 3 rings (SSSR count). The van der Waals surface area contributed by atoms with E-state index in [1.165, 1.54) is 16.9 Å². The van der Waals surface area contributed by atoms with Crippen LogP contribution < -0.4 is 5.32 Å². The molecule has 6 nitrogen and oxygen atoms in total. The number of likely N-dealkylation sites (tertiary alicyclic amines) is 1. The molecule has 2 aromatic rings. The van der Waals surface area contributed by atoms with Crippen LogP contribution in [0.2, 0.25) is 0 Å². The molecule has 1 atom stereocenters. The number of amides is 1. The summed E-state index contributed by atoms with van der Waals surface area (Å²) in [5, 5.41) is 9.70. The van der Waals surface area contributed by atoms with E-state index in [1.807, 2.05) is 29.4 Å². The van der Waals surface area contributed by atoms with Crippen LogP contribution in [0.3, 0.4) is 0 Å². The Hall–Kier alpha value is -1.73. The van der Waals surface area contributed by atoms with Gasteiger partial charge in [-0.15, -0.1) is 11.3 Å². The van der Waals surface area contributed by atoms with Crippen molar-refractivity contribution in [2.45, 2.75) is 32.4 Å². The first kappa shape index (κ1) is 14.2. The minimum atomic E-state index is 0.00787. The number of anilines is 1. The second-order valence-corrected chi connectivity index (χ2v) is 6.29. The van der Waals surface area contributed by atoms with Crippen LogP contribution in [0.25, 0.3) is 0 Å². The van der Waals surface area contributed by atoms with E-state index in [0.29, 0.717) is 17.7 Å². The Morgan fingerprint density at radius 2 is 2.48 bits per heavy atom. The molecule has 2 aromatic heterocycles. The van der Waals surface area contributed by atoms with Crippen molar-refractivity contribution in [3.8, 4) is 0 Å². The molecule has 0 aliphatic carbocycles. The molecular weight excluding hydrogens is 286 g/mol. The van der Waals surface area contributed by atoms with E-state index in [1.54, 1.807) is 6.20 Å². The number of hydrogen-bond acceptors (Lipinski definition) is 5. The van der Waals surface area contributed by atoms with E-state index in [4.69, 9.17) is 0 Å². The highest BCUT2D eigenvalue weighted by molar-refractivity contribution is 7.13. The van der Waals surface area contributed by atoms with Gasteiger partial charge in [-0.2, -0.15) is 5.10 Å². The summed E-state index contributed by atoms with van der Waals surface area (Å²) in [7, 11) is 0. The lowest BCUT2D eigenvalue weighted by atomic mass is 10.2. The molecule has 0 radical (unpaired) electrons. The van der Waals surface area contributed by atoms with Gasteiger partial charge in [0.2, 0.25) is 5.91 Å². The first-order chi connectivity index (χ1) is 10.2. The lowest BCUT2D eigenvalue weighted by molar-refractivity contribution is -0.117. The van der Waals surface area contributed by atoms with E-state index >= 15 is 0 Å². The highest BCUT2D eigenvalue weighted by Crippen LogP contribution is 2.19. The Morgan fingerprint density at radius 1 is 1.57 bits per heavy atom. The molecule has 1 amide bonds. The fraction of sp³-hybridized carbons (Fsp3) is 0.500. The molecule has 1 aliphatic heterocycles. The second kappa shape index (κ2) is 6.36. The molecule has 0 aromatic carbocycles. The zero-order chi connectivity index (χ0) is 14.7. The molecule has 112 valence electrons. The largest absolute Gasteiger partial charge is 0.301 e. The summed E-state index contributed by atoms with van der Waals surface area (Å²) in [6.45, 7) is 4.27. The van der Waals surface area contributed by atoms with Gasteiger partial charge >= 0.3 is 0 Å². The summed E-state index contributed by atoms with van der Waals surface area (Å²) >= 11 is 1.44. The molecular formula is C14H19N5OS. The van der Waals surface area contributed by atoms with Crippen molar-refractivity contribution in [3.63, 3.8) is 0 Å². The van der Waals surface area contributed by atoms with Crippen molar-refractivity contribution >= 4 is 22.4 Å². The number of thiazole rings is 1. The third kappa shape index (κ3) is 3.68. The van der Waals surface area contributed by atoms with E-state index in [0.717, 1.165) is 25.9 Å². The van der Waals surface area contributed by atoms with Crippen LogP contribution in [0.4, 0.5) is 5.13 Å². The fourth-order valence-electron chi connectivity index (χ4n) is 2.72. The van der Waals surface area contributed by atoms with Crippen molar-refractivity contribution in [2.24, 2.45) is 0 Å². The third-order valence-electron chi connectivity index (χ3n) is 3.68. The van der Waals surface area contributed by atoms with Crippen molar-refractivity contribution in [3.05, 3.63) is 29.5 Å². The third-order valence-corrected chi connectivity index (χ3v) is 4.37. The number of aromatic nitrogens is 3. The highest BCUT2D eigenvalue weighted by Gasteiger charge is 2.26. The molecule has 21 heavy (non-hydrogen) atoms. The standard InChI is InChI=1S/C14H19N5OS/c1-11-7-16-19(8-11)9-12-3-2-5-18(12)10-13(20)17-14-15-4-6-21-14/h4,6-8,12H,2-3,5,9-10H2,1H3,(H,15,17,20)/t12-/m0/s1. The Kier molecular flexibility index (Phi) is 4.31. The maximum absolute atomic E-state index is 12.1. The topological polar surface area (TPSA) is 63.1 Å².